The molecule has 0 amide bonds. The van der Waals surface area contributed by atoms with Crippen LogP contribution in [0.4, 0.5) is 11.4 Å². The average Bonchev–Trinajstić information content (AvgIpc) is 2.86. The maximum atomic E-state index is 5.88. The summed E-state index contributed by atoms with van der Waals surface area (Å²) >= 11 is 1.94. The van der Waals surface area contributed by atoms with Crippen LogP contribution in [0.1, 0.15) is 28.7 Å². The summed E-state index contributed by atoms with van der Waals surface area (Å²) in [6, 6.07) is 10.9. The van der Waals surface area contributed by atoms with Crippen LogP contribution in [0.25, 0.3) is 0 Å². The molecule has 3 heteroatoms. The molecule has 0 saturated heterocycles. The molecule has 0 fully saturated rings. The Balaban J connectivity index is 1.83. The second-order valence-electron chi connectivity index (χ2n) is 5.13. The maximum absolute atomic E-state index is 5.88. The number of hydrogen-bond acceptors (Lipinski definition) is 3. The van der Waals surface area contributed by atoms with E-state index in [1.165, 1.54) is 27.4 Å². The van der Waals surface area contributed by atoms with Crippen LogP contribution in [0.15, 0.2) is 30.3 Å². The Bertz CT molecular complexity index is 574. The highest BCUT2D eigenvalue weighted by Gasteiger charge is 2.17. The van der Waals surface area contributed by atoms with E-state index in [0.717, 1.165) is 31.6 Å². The summed E-state index contributed by atoms with van der Waals surface area (Å²) in [5.41, 5.74) is 9.53. The molecule has 2 N–H and O–H groups in total. The van der Waals surface area contributed by atoms with Crippen molar-refractivity contribution in [2.75, 3.05) is 17.2 Å². The van der Waals surface area contributed by atoms with E-state index in [1.54, 1.807) is 0 Å². The summed E-state index contributed by atoms with van der Waals surface area (Å²) < 4.78 is 0. The number of thiophene rings is 1. The molecule has 0 unspecified atom stereocenters. The number of nitrogen functional groups attached to an aromatic ring is 1. The van der Waals surface area contributed by atoms with Gasteiger partial charge in [-0.05, 0) is 55.2 Å². The maximum Gasteiger partial charge on any atom is 0.0523 e. The van der Waals surface area contributed by atoms with Gasteiger partial charge in [-0.25, -0.2) is 0 Å². The fraction of sp³-hybridized carbons (Fsp3) is 0.375. The van der Waals surface area contributed by atoms with Gasteiger partial charge in [0.1, 0.15) is 0 Å². The van der Waals surface area contributed by atoms with Crippen LogP contribution in [0.2, 0.25) is 0 Å². The number of fused-ring (bicyclic) bond motifs is 1. The van der Waals surface area contributed by atoms with Gasteiger partial charge in [0, 0.05) is 27.7 Å². The molecule has 1 aromatic carbocycles. The van der Waals surface area contributed by atoms with Crippen molar-refractivity contribution >= 4 is 22.7 Å². The lowest BCUT2D eigenvalue weighted by Crippen LogP contribution is -2.28. The quantitative estimate of drug-likeness (QED) is 0.860. The van der Waals surface area contributed by atoms with Crippen LogP contribution in [-0.2, 0) is 19.4 Å². The number of anilines is 2. The summed E-state index contributed by atoms with van der Waals surface area (Å²) in [5.74, 6) is 0. The van der Waals surface area contributed by atoms with E-state index in [-0.39, 0.29) is 0 Å². The lowest BCUT2D eigenvalue weighted by Gasteiger charge is -2.31. The third-order valence-electron chi connectivity index (χ3n) is 3.73. The van der Waals surface area contributed by atoms with E-state index >= 15 is 0 Å². The van der Waals surface area contributed by atoms with Crippen LogP contribution < -0.4 is 10.6 Å². The fourth-order valence-corrected chi connectivity index (χ4v) is 3.72. The van der Waals surface area contributed by atoms with Gasteiger partial charge in [0.25, 0.3) is 0 Å². The molecule has 19 heavy (non-hydrogen) atoms. The third-order valence-corrected chi connectivity index (χ3v) is 4.95. The molecule has 1 aromatic heterocycles. The van der Waals surface area contributed by atoms with Crippen molar-refractivity contribution < 1.29 is 0 Å². The van der Waals surface area contributed by atoms with Gasteiger partial charge in [0.05, 0.1) is 6.54 Å². The zero-order valence-electron chi connectivity index (χ0n) is 11.4. The number of nitrogens with two attached hydrogens (primary N) is 1. The Labute approximate surface area is 118 Å². The Morgan fingerprint density at radius 3 is 2.84 bits per heavy atom. The van der Waals surface area contributed by atoms with Gasteiger partial charge in [0.2, 0.25) is 0 Å². The first-order valence-corrected chi connectivity index (χ1v) is 7.79. The highest BCUT2D eigenvalue weighted by Crippen LogP contribution is 2.31. The number of nitrogens with zero attached hydrogens (tertiary/aromatic N) is 1. The van der Waals surface area contributed by atoms with Crippen LogP contribution in [0.5, 0.6) is 0 Å². The first-order valence-electron chi connectivity index (χ1n) is 6.97. The molecule has 1 aliphatic heterocycles. The van der Waals surface area contributed by atoms with E-state index in [4.69, 9.17) is 5.73 Å². The topological polar surface area (TPSA) is 29.3 Å². The second-order valence-corrected chi connectivity index (χ2v) is 6.39. The largest absolute Gasteiger partial charge is 0.399 e. The second kappa shape index (κ2) is 5.25. The monoisotopic (exact) mass is 272 g/mol. The van der Waals surface area contributed by atoms with Crippen LogP contribution in [-0.4, -0.2) is 6.54 Å². The van der Waals surface area contributed by atoms with E-state index in [1.807, 2.05) is 17.4 Å². The van der Waals surface area contributed by atoms with E-state index in [2.05, 4.69) is 36.1 Å². The molecule has 3 rings (SSSR count). The van der Waals surface area contributed by atoms with Crippen molar-refractivity contribution in [3.05, 3.63) is 45.6 Å². The molecule has 2 aromatic rings. The van der Waals surface area contributed by atoms with Crippen molar-refractivity contribution in [3.63, 3.8) is 0 Å². The summed E-state index contributed by atoms with van der Waals surface area (Å²) in [4.78, 5) is 5.43. The number of aryl methyl sites for hydroxylation is 2. The molecule has 1 aliphatic rings. The van der Waals surface area contributed by atoms with Gasteiger partial charge in [-0.1, -0.05) is 6.92 Å². The van der Waals surface area contributed by atoms with Gasteiger partial charge >= 0.3 is 0 Å². The lowest BCUT2D eigenvalue weighted by atomic mass is 10.0. The molecule has 0 atom stereocenters. The van der Waals surface area contributed by atoms with Crippen molar-refractivity contribution in [1.29, 1.82) is 0 Å². The van der Waals surface area contributed by atoms with E-state index < -0.39 is 0 Å². The van der Waals surface area contributed by atoms with Gasteiger partial charge < -0.3 is 10.6 Å². The highest BCUT2D eigenvalue weighted by atomic mass is 32.1. The standard InChI is InChI=1S/C16H20N2S/c1-2-14-6-7-15(19-14)11-18-9-3-4-12-10-13(17)5-8-16(12)18/h5-8,10H,2-4,9,11,17H2,1H3. The zero-order chi connectivity index (χ0) is 13.2. The van der Waals surface area contributed by atoms with Crippen molar-refractivity contribution in [3.8, 4) is 0 Å². The predicted octanol–water partition coefficient (Wildman–Crippen LogP) is 3.85. The van der Waals surface area contributed by atoms with Gasteiger partial charge in [-0.3, -0.25) is 0 Å². The van der Waals surface area contributed by atoms with E-state index in [0.29, 0.717) is 0 Å². The summed E-state index contributed by atoms with van der Waals surface area (Å²) in [6.07, 6.45) is 3.52. The fourth-order valence-electron chi connectivity index (χ4n) is 2.74. The number of hydrogen-bond donors (Lipinski definition) is 1. The molecular formula is C16H20N2S. The molecular weight excluding hydrogens is 252 g/mol. The summed E-state index contributed by atoms with van der Waals surface area (Å²) in [6.45, 7) is 4.40. The molecule has 2 heterocycles. The third kappa shape index (κ3) is 2.61. The van der Waals surface area contributed by atoms with Gasteiger partial charge in [-0.2, -0.15) is 0 Å². The highest BCUT2D eigenvalue weighted by molar-refractivity contribution is 7.12. The molecule has 0 spiro atoms. The molecule has 0 bridgehead atoms. The number of benzene rings is 1. The van der Waals surface area contributed by atoms with Crippen molar-refractivity contribution in [1.82, 2.24) is 0 Å². The summed E-state index contributed by atoms with van der Waals surface area (Å²) in [5, 5.41) is 0. The minimum absolute atomic E-state index is 0.880. The predicted molar refractivity (Wildman–Crippen MR) is 83.9 cm³/mol. The van der Waals surface area contributed by atoms with Crippen molar-refractivity contribution in [2.24, 2.45) is 0 Å². The molecule has 0 aliphatic carbocycles. The smallest absolute Gasteiger partial charge is 0.0523 e. The van der Waals surface area contributed by atoms with Crippen LogP contribution >= 0.6 is 11.3 Å². The Hall–Kier alpha value is -1.48. The minimum atomic E-state index is 0.880. The Morgan fingerprint density at radius 2 is 2.05 bits per heavy atom. The lowest BCUT2D eigenvalue weighted by molar-refractivity contribution is 0.695. The van der Waals surface area contributed by atoms with Crippen LogP contribution in [0.3, 0.4) is 0 Å². The van der Waals surface area contributed by atoms with Gasteiger partial charge in [-0.15, -0.1) is 11.3 Å². The molecule has 100 valence electrons. The van der Waals surface area contributed by atoms with Crippen LogP contribution in [0, 0.1) is 0 Å². The Kier molecular flexibility index (Phi) is 3.47. The first kappa shape index (κ1) is 12.5. The average molecular weight is 272 g/mol. The molecule has 0 saturated carbocycles. The normalized spacial score (nSPS) is 14.5. The SMILES string of the molecule is CCc1ccc(CN2CCCc3cc(N)ccc32)s1. The van der Waals surface area contributed by atoms with E-state index in [9.17, 15) is 0 Å². The minimum Gasteiger partial charge on any atom is -0.399 e. The number of rotatable bonds is 3. The summed E-state index contributed by atoms with van der Waals surface area (Å²) in [7, 11) is 0. The Morgan fingerprint density at radius 1 is 1.21 bits per heavy atom. The van der Waals surface area contributed by atoms with Crippen molar-refractivity contribution in [2.45, 2.75) is 32.7 Å². The molecule has 0 radical (unpaired) electrons. The zero-order valence-corrected chi connectivity index (χ0v) is 12.2. The van der Waals surface area contributed by atoms with Gasteiger partial charge in [0.15, 0.2) is 0 Å². The molecule has 2 nitrogen and oxygen atoms in total. The first-order chi connectivity index (χ1) is 9.26.